The third-order valence-electron chi connectivity index (χ3n) is 5.38. The average Bonchev–Trinajstić information content (AvgIpc) is 2.70. The molecule has 1 N–H and O–H groups in total. The largest absolute Gasteiger partial charge is 0.438 e. The van der Waals surface area contributed by atoms with Crippen LogP contribution in [0.1, 0.15) is 48.7 Å². The number of hydrogen-bond donors (Lipinski definition) is 1. The lowest BCUT2D eigenvalue weighted by atomic mass is 10.1. The van der Waals surface area contributed by atoms with E-state index in [2.05, 4.69) is 10.3 Å². The molecule has 3 rings (SSSR count). The fourth-order valence-corrected chi connectivity index (χ4v) is 3.53. The van der Waals surface area contributed by atoms with E-state index in [1.807, 2.05) is 13.0 Å². The molecule has 164 valence electrons. The van der Waals surface area contributed by atoms with Crippen LogP contribution in [-0.4, -0.2) is 15.5 Å². The van der Waals surface area contributed by atoms with Crippen LogP contribution in [0, 0.1) is 13.8 Å². The Labute approximate surface area is 177 Å². The number of carbonyl (C=O) groups is 1. The zero-order valence-electron chi connectivity index (χ0n) is 17.8. The third-order valence-corrected chi connectivity index (χ3v) is 5.38. The fraction of sp³-hybridized carbons (Fsp3) is 0.348. The van der Waals surface area contributed by atoms with Gasteiger partial charge in [-0.3, -0.25) is 14.2 Å². The quantitative estimate of drug-likeness (QED) is 0.605. The van der Waals surface area contributed by atoms with Crippen molar-refractivity contribution >= 4 is 22.6 Å². The second-order valence-corrected chi connectivity index (χ2v) is 7.53. The number of benzene rings is 2. The monoisotopic (exact) mass is 431 g/mol. The Morgan fingerprint density at radius 3 is 2.42 bits per heavy atom. The molecule has 1 heterocycles. The summed E-state index contributed by atoms with van der Waals surface area (Å²) in [7, 11) is 0. The van der Waals surface area contributed by atoms with E-state index in [1.165, 1.54) is 6.07 Å². The van der Waals surface area contributed by atoms with Crippen molar-refractivity contribution in [1.82, 2.24) is 9.55 Å². The molecule has 0 aliphatic rings. The molecule has 1 atom stereocenters. The summed E-state index contributed by atoms with van der Waals surface area (Å²) >= 11 is 0. The minimum Gasteiger partial charge on any atom is -0.324 e. The van der Waals surface area contributed by atoms with Gasteiger partial charge in [-0.1, -0.05) is 26.0 Å². The number of fused-ring (bicyclic) bond motifs is 1. The molecule has 0 aliphatic carbocycles. The molecule has 0 saturated carbocycles. The third kappa shape index (κ3) is 4.47. The maximum atomic E-state index is 13.6. The van der Waals surface area contributed by atoms with Gasteiger partial charge < -0.3 is 5.32 Å². The van der Waals surface area contributed by atoms with Crippen molar-refractivity contribution < 1.29 is 18.0 Å². The first kappa shape index (κ1) is 22.5. The van der Waals surface area contributed by atoms with Gasteiger partial charge in [0.2, 0.25) is 11.6 Å². The number of alkyl halides is 3. The molecule has 5 nitrogen and oxygen atoms in total. The van der Waals surface area contributed by atoms with E-state index in [1.54, 1.807) is 45.0 Å². The smallest absolute Gasteiger partial charge is 0.324 e. The van der Waals surface area contributed by atoms with Crippen molar-refractivity contribution in [3.05, 3.63) is 69.1 Å². The summed E-state index contributed by atoms with van der Waals surface area (Å²) in [4.78, 5) is 29.6. The number of hydrogen-bond acceptors (Lipinski definition) is 3. The van der Waals surface area contributed by atoms with Crippen molar-refractivity contribution in [2.75, 3.05) is 5.32 Å². The Hall–Kier alpha value is -3.16. The van der Waals surface area contributed by atoms with Crippen molar-refractivity contribution in [2.45, 2.75) is 52.8 Å². The Kier molecular flexibility index (Phi) is 6.20. The van der Waals surface area contributed by atoms with E-state index in [-0.39, 0.29) is 17.5 Å². The van der Waals surface area contributed by atoms with Crippen LogP contribution in [0.3, 0.4) is 0 Å². The van der Waals surface area contributed by atoms with Crippen LogP contribution < -0.4 is 10.9 Å². The Morgan fingerprint density at radius 1 is 1.13 bits per heavy atom. The van der Waals surface area contributed by atoms with E-state index in [0.29, 0.717) is 5.69 Å². The van der Waals surface area contributed by atoms with Crippen molar-refractivity contribution in [3.8, 4) is 0 Å². The minimum atomic E-state index is -4.93. The van der Waals surface area contributed by atoms with Gasteiger partial charge in [-0.25, -0.2) is 4.98 Å². The van der Waals surface area contributed by atoms with Crippen LogP contribution in [0.15, 0.2) is 41.2 Å². The van der Waals surface area contributed by atoms with E-state index in [0.717, 1.165) is 27.7 Å². The number of nitrogens with zero attached hydrogens (tertiary/aromatic N) is 2. The molecule has 2 aromatic carbocycles. The predicted molar refractivity (Wildman–Crippen MR) is 114 cm³/mol. The maximum absolute atomic E-state index is 13.6. The van der Waals surface area contributed by atoms with Crippen LogP contribution in [0.5, 0.6) is 0 Å². The topological polar surface area (TPSA) is 64.0 Å². The van der Waals surface area contributed by atoms with Crippen LogP contribution in [0.4, 0.5) is 18.9 Å². The lowest BCUT2D eigenvalue weighted by molar-refractivity contribution is -0.142. The first-order chi connectivity index (χ1) is 14.6. The maximum Gasteiger partial charge on any atom is 0.438 e. The molecule has 0 bridgehead atoms. The van der Waals surface area contributed by atoms with Gasteiger partial charge in [0.25, 0.3) is 5.56 Å². The van der Waals surface area contributed by atoms with E-state index >= 15 is 0 Å². The molecule has 0 spiro atoms. The highest BCUT2D eigenvalue weighted by Crippen LogP contribution is 2.29. The molecule has 1 unspecified atom stereocenters. The number of rotatable bonds is 5. The summed E-state index contributed by atoms with van der Waals surface area (Å²) in [5, 5.41) is 2.74. The summed E-state index contributed by atoms with van der Waals surface area (Å²) in [6.45, 7) is 7.17. The first-order valence-corrected chi connectivity index (χ1v) is 10.1. The standard InChI is InChI=1S/C23H24F3N3O2/c1-5-15-8-7-9-16(12-15)27-21(30)18(6-2)29-19-11-14(4)13(3)10-17(19)28-20(22(29)31)23(24,25)26/h7-12,18H,5-6H2,1-4H3,(H,27,30). The average molecular weight is 431 g/mol. The highest BCUT2D eigenvalue weighted by Gasteiger charge is 2.38. The molecule has 1 aromatic heterocycles. The molecule has 0 radical (unpaired) electrons. The normalized spacial score (nSPS) is 12.7. The van der Waals surface area contributed by atoms with Crippen LogP contribution in [0.2, 0.25) is 0 Å². The highest BCUT2D eigenvalue weighted by molar-refractivity contribution is 5.94. The van der Waals surface area contributed by atoms with Gasteiger partial charge in [-0.05, 0) is 67.6 Å². The van der Waals surface area contributed by atoms with Crippen LogP contribution >= 0.6 is 0 Å². The van der Waals surface area contributed by atoms with Gasteiger partial charge in [-0.15, -0.1) is 0 Å². The van der Waals surface area contributed by atoms with Gasteiger partial charge in [0, 0.05) is 5.69 Å². The van der Waals surface area contributed by atoms with Gasteiger partial charge in [0.1, 0.15) is 6.04 Å². The predicted octanol–water partition coefficient (Wildman–Crippen LogP) is 5.18. The lowest BCUT2D eigenvalue weighted by Crippen LogP contribution is -2.37. The highest BCUT2D eigenvalue weighted by atomic mass is 19.4. The number of aromatic nitrogens is 2. The van der Waals surface area contributed by atoms with Crippen molar-refractivity contribution in [2.24, 2.45) is 0 Å². The van der Waals surface area contributed by atoms with Gasteiger partial charge in [0.05, 0.1) is 11.0 Å². The number of amides is 1. The second-order valence-electron chi connectivity index (χ2n) is 7.53. The molecule has 31 heavy (non-hydrogen) atoms. The number of halogens is 3. The molecule has 1 amide bonds. The van der Waals surface area contributed by atoms with E-state index in [9.17, 15) is 22.8 Å². The number of carbonyl (C=O) groups excluding carboxylic acids is 1. The van der Waals surface area contributed by atoms with Crippen molar-refractivity contribution in [1.29, 1.82) is 0 Å². The van der Waals surface area contributed by atoms with E-state index < -0.39 is 29.4 Å². The van der Waals surface area contributed by atoms with Crippen molar-refractivity contribution in [3.63, 3.8) is 0 Å². The molecule has 8 heteroatoms. The summed E-state index contributed by atoms with van der Waals surface area (Å²) < 4.78 is 41.6. The molecule has 3 aromatic rings. The zero-order valence-corrected chi connectivity index (χ0v) is 17.8. The fourth-order valence-electron chi connectivity index (χ4n) is 3.53. The van der Waals surface area contributed by atoms with Gasteiger partial charge in [0.15, 0.2) is 0 Å². The zero-order chi connectivity index (χ0) is 22.9. The van der Waals surface area contributed by atoms with Gasteiger partial charge in [-0.2, -0.15) is 13.2 Å². The summed E-state index contributed by atoms with van der Waals surface area (Å²) in [5.41, 5.74) is 0.426. The van der Waals surface area contributed by atoms with E-state index in [4.69, 9.17) is 0 Å². The van der Waals surface area contributed by atoms with Gasteiger partial charge >= 0.3 is 6.18 Å². The SMILES string of the molecule is CCc1cccc(NC(=O)C(CC)n2c(=O)c(C(F)(F)F)nc3cc(C)c(C)cc32)c1. The molecule has 0 saturated heterocycles. The molecule has 0 fully saturated rings. The number of nitrogens with one attached hydrogen (secondary N) is 1. The Balaban J connectivity index is 2.19. The minimum absolute atomic E-state index is 0.0225. The molecule has 0 aliphatic heterocycles. The lowest BCUT2D eigenvalue weighted by Gasteiger charge is -2.22. The number of anilines is 1. The Bertz CT molecular complexity index is 1200. The van der Waals surface area contributed by atoms with Crippen LogP contribution in [0.25, 0.3) is 11.0 Å². The Morgan fingerprint density at radius 2 is 1.81 bits per heavy atom. The summed E-state index contributed by atoms with van der Waals surface area (Å²) in [6, 6.07) is 9.18. The molecular weight excluding hydrogens is 407 g/mol. The second kappa shape index (κ2) is 8.53. The summed E-state index contributed by atoms with van der Waals surface area (Å²) in [6.07, 6.45) is -4.04. The summed E-state index contributed by atoms with van der Waals surface area (Å²) in [5.74, 6) is -0.559. The molecular formula is C23H24F3N3O2. The number of aryl methyl sites for hydroxylation is 3. The first-order valence-electron chi connectivity index (χ1n) is 10.1. The van der Waals surface area contributed by atoms with Crippen LogP contribution in [-0.2, 0) is 17.4 Å².